The maximum atomic E-state index is 10.1. The zero-order valence-corrected chi connectivity index (χ0v) is 24.3. The molecule has 0 radical (unpaired) electrons. The van der Waals surface area contributed by atoms with E-state index >= 15 is 0 Å². The molecular weight excluding hydrogens is 552 g/mol. The summed E-state index contributed by atoms with van der Waals surface area (Å²) < 4.78 is 0. The summed E-state index contributed by atoms with van der Waals surface area (Å²) in [6.07, 6.45) is 0. The number of para-hydroxylation sites is 4. The molecule has 0 fully saturated rings. The summed E-state index contributed by atoms with van der Waals surface area (Å²) in [6, 6.07) is 19.7. The van der Waals surface area contributed by atoms with E-state index in [1.54, 1.807) is 0 Å². The molecule has 4 aromatic rings. The predicted octanol–water partition coefficient (Wildman–Crippen LogP) is 7.26. The van der Waals surface area contributed by atoms with Gasteiger partial charge in [0.15, 0.2) is 11.5 Å². The fraction of sp³-hybridized carbons (Fsp3) is 0.214. The second kappa shape index (κ2) is 16.2. The Morgan fingerprint density at radius 1 is 0.622 bits per heavy atom. The number of phenols is 2. The number of aryl methyl sites for hydroxylation is 4. The quantitative estimate of drug-likeness (QED) is 0.145. The van der Waals surface area contributed by atoms with Gasteiger partial charge in [-0.3, -0.25) is 20.2 Å². The summed E-state index contributed by atoms with van der Waals surface area (Å²) in [5.74, 6) is -0.597. The van der Waals surface area contributed by atoms with Gasteiger partial charge in [0.2, 0.25) is 0 Å². The van der Waals surface area contributed by atoms with Crippen molar-refractivity contribution in [3.8, 4) is 11.5 Å². The van der Waals surface area contributed by atoms with Crippen LogP contribution in [0.25, 0.3) is 0 Å². The van der Waals surface area contributed by atoms with E-state index in [0.29, 0.717) is 0 Å². The van der Waals surface area contributed by atoms with Gasteiger partial charge >= 0.3 is 37.6 Å². The number of nitro groups is 2. The maximum absolute atomic E-state index is 10.1. The first-order valence-electron chi connectivity index (χ1n) is 11.1. The van der Waals surface area contributed by atoms with Gasteiger partial charge < -0.3 is 10.2 Å². The first kappa shape index (κ1) is 33.4. The number of phenolic OH excluding ortho intramolecular Hbond substituents is 2. The van der Waals surface area contributed by atoms with Gasteiger partial charge in [-0.1, -0.05) is 65.8 Å². The minimum Gasteiger partial charge on any atom is -0.502 e. The molecule has 0 saturated carbocycles. The number of rotatable bonds is 2. The standard InChI is InChI=1S/2C8H11.2C6H5NO3.Zr/c2*1-6-4-5-7(2)8(6)3;2*8-6-4-2-1-3-5(6)7(9)10;/h2*4-5H,1-3H3;2*1-4,8H;/q2*-1;;;+2. The first-order valence-corrected chi connectivity index (χ1v) is 11.1. The van der Waals surface area contributed by atoms with Crippen LogP contribution in [0.15, 0.2) is 72.8 Å². The maximum Gasteiger partial charge on any atom is 2.00 e. The zero-order valence-electron chi connectivity index (χ0n) is 21.9. The molecule has 0 saturated heterocycles. The fourth-order valence-corrected chi connectivity index (χ4v) is 2.86. The van der Waals surface area contributed by atoms with Gasteiger partial charge in [-0.25, -0.2) is 12.1 Å². The first-order chi connectivity index (χ1) is 16.9. The van der Waals surface area contributed by atoms with E-state index in [1.807, 2.05) is 0 Å². The summed E-state index contributed by atoms with van der Waals surface area (Å²) in [5.41, 5.74) is 7.97. The topological polar surface area (TPSA) is 127 Å². The molecule has 0 bridgehead atoms. The summed E-state index contributed by atoms with van der Waals surface area (Å²) in [7, 11) is 0. The SMILES string of the molecule is Cc1cc[c-](C)c1C.Cc1cc[c-](C)c1C.O=[N+]([O-])c1ccccc1O.O=[N+]([O-])c1ccccc1O.[Zr+2]. The zero-order chi connectivity index (χ0) is 27.4. The molecule has 0 aromatic heterocycles. The summed E-state index contributed by atoms with van der Waals surface area (Å²) >= 11 is 0. The Morgan fingerprint density at radius 3 is 1.05 bits per heavy atom. The Labute approximate surface area is 236 Å². The molecule has 0 aliphatic carbocycles. The largest absolute Gasteiger partial charge is 2.00 e. The van der Waals surface area contributed by atoms with E-state index in [2.05, 4.69) is 65.8 Å². The van der Waals surface area contributed by atoms with Gasteiger partial charge in [0.1, 0.15) is 0 Å². The van der Waals surface area contributed by atoms with Crippen LogP contribution in [0.2, 0.25) is 0 Å². The van der Waals surface area contributed by atoms with Crippen molar-refractivity contribution >= 4 is 11.4 Å². The third-order valence-corrected chi connectivity index (χ3v) is 5.69. The van der Waals surface area contributed by atoms with Gasteiger partial charge in [-0.2, -0.15) is 45.5 Å². The monoisotopic (exact) mass is 582 g/mol. The molecule has 8 nitrogen and oxygen atoms in total. The molecule has 0 amide bonds. The summed E-state index contributed by atoms with van der Waals surface area (Å²) in [6.45, 7) is 12.9. The average Bonchev–Trinajstić information content (AvgIpc) is 3.30. The van der Waals surface area contributed by atoms with Gasteiger partial charge in [0.05, 0.1) is 9.85 Å². The third kappa shape index (κ3) is 10.9. The number of hydrogen-bond acceptors (Lipinski definition) is 6. The van der Waals surface area contributed by atoms with Crippen LogP contribution in [0.5, 0.6) is 11.5 Å². The Kier molecular flexibility index (Phi) is 14.7. The molecule has 0 heterocycles. The molecule has 0 unspecified atom stereocenters. The molecule has 194 valence electrons. The van der Waals surface area contributed by atoms with E-state index in [4.69, 9.17) is 10.2 Å². The van der Waals surface area contributed by atoms with Crippen molar-refractivity contribution < 1.29 is 46.3 Å². The fourth-order valence-electron chi connectivity index (χ4n) is 2.86. The normalized spacial score (nSPS) is 9.24. The number of hydrogen-bond donors (Lipinski definition) is 2. The molecule has 2 N–H and O–H groups in total. The van der Waals surface area contributed by atoms with Crippen LogP contribution in [0.4, 0.5) is 11.4 Å². The predicted molar refractivity (Wildman–Crippen MR) is 142 cm³/mol. The summed E-state index contributed by atoms with van der Waals surface area (Å²) in [5, 5.41) is 37.8. The van der Waals surface area contributed by atoms with Crippen molar-refractivity contribution in [3.05, 3.63) is 126 Å². The number of nitrogens with zero attached hydrogens (tertiary/aromatic N) is 2. The van der Waals surface area contributed by atoms with Crippen molar-refractivity contribution in [1.29, 1.82) is 0 Å². The minimum absolute atomic E-state index is 0. The molecule has 0 aliphatic heterocycles. The minimum atomic E-state index is -0.630. The Morgan fingerprint density at radius 2 is 0.919 bits per heavy atom. The third-order valence-electron chi connectivity index (χ3n) is 5.69. The molecule has 0 aliphatic rings. The average molecular weight is 584 g/mol. The summed E-state index contributed by atoms with van der Waals surface area (Å²) in [4.78, 5) is 18.9. The van der Waals surface area contributed by atoms with Crippen molar-refractivity contribution in [1.82, 2.24) is 0 Å². The van der Waals surface area contributed by atoms with Crippen LogP contribution < -0.4 is 0 Å². The molecule has 4 rings (SSSR count). The number of aromatic hydroxyl groups is 2. The van der Waals surface area contributed by atoms with Crippen molar-refractivity contribution in [2.24, 2.45) is 0 Å². The van der Waals surface area contributed by atoms with Crippen molar-refractivity contribution in [2.45, 2.75) is 41.5 Å². The van der Waals surface area contributed by atoms with E-state index in [1.165, 1.54) is 81.9 Å². The van der Waals surface area contributed by atoms with Crippen LogP contribution in [-0.2, 0) is 26.2 Å². The smallest absolute Gasteiger partial charge is 0.502 e. The van der Waals surface area contributed by atoms with Crippen LogP contribution >= 0.6 is 0 Å². The van der Waals surface area contributed by atoms with Gasteiger partial charge in [-0.05, 0) is 12.1 Å². The molecule has 37 heavy (non-hydrogen) atoms. The number of nitro benzene ring substituents is 2. The second-order valence-electron chi connectivity index (χ2n) is 8.14. The number of benzene rings is 2. The van der Waals surface area contributed by atoms with Crippen molar-refractivity contribution in [2.75, 3.05) is 0 Å². The van der Waals surface area contributed by atoms with Gasteiger partial charge in [0.25, 0.3) is 0 Å². The molecule has 0 atom stereocenters. The van der Waals surface area contributed by atoms with Gasteiger partial charge in [-0.15, -0.1) is 0 Å². The second-order valence-corrected chi connectivity index (χ2v) is 8.14. The van der Waals surface area contributed by atoms with E-state index < -0.39 is 9.85 Å². The van der Waals surface area contributed by atoms with E-state index in [-0.39, 0.29) is 49.1 Å². The Balaban J connectivity index is 0.000000465. The molecule has 4 aromatic carbocycles. The Bertz CT molecular complexity index is 1150. The van der Waals surface area contributed by atoms with Gasteiger partial charge in [0, 0.05) is 12.1 Å². The molecule has 0 spiro atoms. The Hall–Kier alpha value is -3.58. The molecular formula is C28H32N2O6Zr. The van der Waals surface area contributed by atoms with Crippen LogP contribution in [-0.4, -0.2) is 20.1 Å². The van der Waals surface area contributed by atoms with Crippen LogP contribution in [0, 0.1) is 61.8 Å². The van der Waals surface area contributed by atoms with E-state index in [0.717, 1.165) is 0 Å². The van der Waals surface area contributed by atoms with E-state index in [9.17, 15) is 20.2 Å². The van der Waals surface area contributed by atoms with Crippen molar-refractivity contribution in [3.63, 3.8) is 0 Å². The molecule has 9 heteroatoms. The van der Waals surface area contributed by atoms with Crippen LogP contribution in [0.1, 0.15) is 33.4 Å². The van der Waals surface area contributed by atoms with Crippen LogP contribution in [0.3, 0.4) is 0 Å².